The Hall–Kier alpha value is -1.88. The molecule has 3 atom stereocenters. The lowest BCUT2D eigenvalue weighted by Gasteiger charge is -2.23. The summed E-state index contributed by atoms with van der Waals surface area (Å²) in [5.74, 6) is 0.779. The summed E-state index contributed by atoms with van der Waals surface area (Å²) in [5, 5.41) is 2.96. The van der Waals surface area contributed by atoms with Crippen molar-refractivity contribution in [3.63, 3.8) is 0 Å². The number of rotatable bonds is 4. The van der Waals surface area contributed by atoms with Crippen LogP contribution in [0, 0.1) is 11.8 Å². The molecule has 1 N–H and O–H groups in total. The molecule has 0 bridgehead atoms. The maximum Gasteiger partial charge on any atom is 0.253 e. The maximum atomic E-state index is 12.8. The van der Waals surface area contributed by atoms with Gasteiger partial charge >= 0.3 is 0 Å². The summed E-state index contributed by atoms with van der Waals surface area (Å²) in [6.07, 6.45) is 4.61. The number of benzene rings is 1. The molecule has 5 nitrogen and oxygen atoms in total. The number of anilines is 1. The van der Waals surface area contributed by atoms with E-state index in [1.165, 1.54) is 25.9 Å². The van der Waals surface area contributed by atoms with Gasteiger partial charge in [0.1, 0.15) is 0 Å². The molecule has 2 heterocycles. The minimum absolute atomic E-state index is 0.0763. The van der Waals surface area contributed by atoms with Gasteiger partial charge < -0.3 is 10.2 Å². The number of carbonyl (C=O) groups excluding carboxylic acids is 2. The summed E-state index contributed by atoms with van der Waals surface area (Å²) in [7, 11) is 0. The number of hydrogen-bond acceptors (Lipinski definition) is 3. The quantitative estimate of drug-likeness (QED) is 0.916. The van der Waals surface area contributed by atoms with Gasteiger partial charge in [-0.05, 0) is 62.9 Å². The van der Waals surface area contributed by atoms with Gasteiger partial charge in [-0.2, -0.15) is 0 Å². The molecule has 1 saturated carbocycles. The third-order valence-corrected chi connectivity index (χ3v) is 5.93. The largest absolute Gasteiger partial charge is 0.337 e. The Morgan fingerprint density at radius 2 is 1.92 bits per heavy atom. The SMILES string of the molecule is CC1CC1C(=O)Nc1cccc(C(=O)N2CCC(N3CCCC3)C2)c1. The van der Waals surface area contributed by atoms with E-state index in [0.717, 1.165) is 31.6 Å². The Bertz CT molecular complexity index is 669. The second-order valence-electron chi connectivity index (χ2n) is 7.83. The number of carbonyl (C=O) groups is 2. The molecule has 0 radical (unpaired) electrons. The molecule has 3 fully saturated rings. The van der Waals surface area contributed by atoms with Crippen LogP contribution in [0.2, 0.25) is 0 Å². The molecular formula is C20H27N3O2. The first kappa shape index (κ1) is 16.6. The third kappa shape index (κ3) is 3.56. The molecule has 2 amide bonds. The van der Waals surface area contributed by atoms with Crippen LogP contribution in [-0.2, 0) is 4.79 Å². The first-order valence-electron chi connectivity index (χ1n) is 9.56. The van der Waals surface area contributed by atoms with Gasteiger partial charge in [-0.25, -0.2) is 0 Å². The summed E-state index contributed by atoms with van der Waals surface area (Å²) in [4.78, 5) is 29.4. The van der Waals surface area contributed by atoms with Crippen molar-refractivity contribution >= 4 is 17.5 Å². The Kier molecular flexibility index (Phi) is 4.50. The van der Waals surface area contributed by atoms with Crippen LogP contribution in [0.5, 0.6) is 0 Å². The zero-order valence-corrected chi connectivity index (χ0v) is 14.9. The fraction of sp³-hybridized carbons (Fsp3) is 0.600. The second kappa shape index (κ2) is 6.79. The second-order valence-corrected chi connectivity index (χ2v) is 7.83. The third-order valence-electron chi connectivity index (χ3n) is 5.93. The lowest BCUT2D eigenvalue weighted by molar-refractivity contribution is -0.117. The lowest BCUT2D eigenvalue weighted by Crippen LogP contribution is -2.37. The van der Waals surface area contributed by atoms with Crippen LogP contribution in [0.15, 0.2) is 24.3 Å². The summed E-state index contributed by atoms with van der Waals surface area (Å²) in [5.41, 5.74) is 1.40. The van der Waals surface area contributed by atoms with Crippen LogP contribution in [0.1, 0.15) is 43.0 Å². The maximum absolute atomic E-state index is 12.8. The van der Waals surface area contributed by atoms with Crippen molar-refractivity contribution in [3.05, 3.63) is 29.8 Å². The lowest BCUT2D eigenvalue weighted by atomic mass is 10.1. The standard InChI is InChI=1S/C20H27N3O2/c1-14-11-18(14)19(24)21-16-6-4-5-15(12-16)20(25)23-10-7-17(13-23)22-8-2-3-9-22/h4-6,12,14,17-18H,2-3,7-11,13H2,1H3,(H,21,24). The topological polar surface area (TPSA) is 52.7 Å². The van der Waals surface area contributed by atoms with E-state index in [0.29, 0.717) is 17.5 Å². The highest BCUT2D eigenvalue weighted by Crippen LogP contribution is 2.38. The Labute approximate surface area is 149 Å². The normalized spacial score (nSPS) is 29.0. The van der Waals surface area contributed by atoms with E-state index in [1.54, 1.807) is 0 Å². The summed E-state index contributed by atoms with van der Waals surface area (Å²) >= 11 is 0. The van der Waals surface area contributed by atoms with Crippen molar-refractivity contribution in [2.75, 3.05) is 31.5 Å². The average Bonchev–Trinajstić information content (AvgIpc) is 3.04. The van der Waals surface area contributed by atoms with E-state index >= 15 is 0 Å². The first-order chi connectivity index (χ1) is 12.1. The van der Waals surface area contributed by atoms with Crippen LogP contribution in [-0.4, -0.2) is 53.8 Å². The van der Waals surface area contributed by atoms with Crippen molar-refractivity contribution < 1.29 is 9.59 Å². The van der Waals surface area contributed by atoms with Crippen molar-refractivity contribution in [2.24, 2.45) is 11.8 Å². The fourth-order valence-corrected chi connectivity index (χ4v) is 4.17. The molecular weight excluding hydrogens is 314 g/mol. The van der Waals surface area contributed by atoms with Gasteiger partial charge in [-0.15, -0.1) is 0 Å². The van der Waals surface area contributed by atoms with Crippen LogP contribution in [0.4, 0.5) is 5.69 Å². The number of hydrogen-bond donors (Lipinski definition) is 1. The van der Waals surface area contributed by atoms with E-state index in [-0.39, 0.29) is 17.7 Å². The predicted molar refractivity (Wildman–Crippen MR) is 97.5 cm³/mol. The van der Waals surface area contributed by atoms with Gasteiger partial charge in [0.15, 0.2) is 0 Å². The zero-order valence-electron chi connectivity index (χ0n) is 14.9. The number of nitrogens with zero attached hydrogens (tertiary/aromatic N) is 2. The predicted octanol–water partition coefficient (Wildman–Crippen LogP) is 2.59. The molecule has 134 valence electrons. The molecule has 2 saturated heterocycles. The van der Waals surface area contributed by atoms with E-state index in [1.807, 2.05) is 29.2 Å². The van der Waals surface area contributed by atoms with Gasteiger partial charge in [-0.3, -0.25) is 14.5 Å². The number of nitrogens with one attached hydrogen (secondary N) is 1. The smallest absolute Gasteiger partial charge is 0.253 e. The van der Waals surface area contributed by atoms with Crippen molar-refractivity contribution in [1.82, 2.24) is 9.80 Å². The molecule has 0 spiro atoms. The molecule has 1 aromatic carbocycles. The van der Waals surface area contributed by atoms with Crippen molar-refractivity contribution in [2.45, 2.75) is 38.6 Å². The molecule has 2 aliphatic heterocycles. The summed E-state index contributed by atoms with van der Waals surface area (Å²) in [6, 6.07) is 7.90. The summed E-state index contributed by atoms with van der Waals surface area (Å²) < 4.78 is 0. The Morgan fingerprint density at radius 3 is 2.64 bits per heavy atom. The highest BCUT2D eigenvalue weighted by Gasteiger charge is 2.39. The van der Waals surface area contributed by atoms with E-state index < -0.39 is 0 Å². The van der Waals surface area contributed by atoms with Gasteiger partial charge in [-0.1, -0.05) is 13.0 Å². The highest BCUT2D eigenvalue weighted by atomic mass is 16.2. The van der Waals surface area contributed by atoms with Crippen LogP contribution >= 0.6 is 0 Å². The fourth-order valence-electron chi connectivity index (χ4n) is 4.17. The van der Waals surface area contributed by atoms with Gasteiger partial charge in [0.05, 0.1) is 0 Å². The van der Waals surface area contributed by atoms with Crippen molar-refractivity contribution in [1.29, 1.82) is 0 Å². The minimum Gasteiger partial charge on any atom is -0.337 e. The minimum atomic E-state index is 0.0763. The molecule has 4 rings (SSSR count). The van der Waals surface area contributed by atoms with Crippen LogP contribution < -0.4 is 5.32 Å². The molecule has 1 aromatic rings. The molecule has 5 heteroatoms. The first-order valence-corrected chi connectivity index (χ1v) is 9.56. The average molecular weight is 341 g/mol. The van der Waals surface area contributed by atoms with E-state index in [4.69, 9.17) is 0 Å². The molecule has 3 unspecified atom stereocenters. The molecule has 3 aliphatic rings. The zero-order chi connectivity index (χ0) is 17.4. The summed E-state index contributed by atoms with van der Waals surface area (Å²) in [6.45, 7) is 6.10. The van der Waals surface area contributed by atoms with Gasteiger partial charge in [0, 0.05) is 36.3 Å². The van der Waals surface area contributed by atoms with Crippen LogP contribution in [0.3, 0.4) is 0 Å². The van der Waals surface area contributed by atoms with Gasteiger partial charge in [0.2, 0.25) is 5.91 Å². The molecule has 25 heavy (non-hydrogen) atoms. The number of amides is 2. The van der Waals surface area contributed by atoms with Gasteiger partial charge in [0.25, 0.3) is 5.91 Å². The van der Waals surface area contributed by atoms with Crippen molar-refractivity contribution in [3.8, 4) is 0 Å². The van der Waals surface area contributed by atoms with E-state index in [2.05, 4.69) is 17.1 Å². The highest BCUT2D eigenvalue weighted by molar-refractivity contribution is 5.98. The van der Waals surface area contributed by atoms with E-state index in [9.17, 15) is 9.59 Å². The Morgan fingerprint density at radius 1 is 1.16 bits per heavy atom. The monoisotopic (exact) mass is 341 g/mol. The molecule has 0 aromatic heterocycles. The Balaban J connectivity index is 1.38. The molecule has 1 aliphatic carbocycles. The number of likely N-dealkylation sites (tertiary alicyclic amines) is 2. The van der Waals surface area contributed by atoms with Crippen LogP contribution in [0.25, 0.3) is 0 Å².